The Hall–Kier alpha value is -2.98. The second kappa shape index (κ2) is 8.64. The van der Waals surface area contributed by atoms with E-state index in [2.05, 4.69) is 10.3 Å². The van der Waals surface area contributed by atoms with Gasteiger partial charge in [-0.1, -0.05) is 18.2 Å². The van der Waals surface area contributed by atoms with Gasteiger partial charge in [-0.05, 0) is 35.6 Å². The molecule has 3 aromatic heterocycles. The van der Waals surface area contributed by atoms with Crippen molar-refractivity contribution in [3.8, 4) is 10.4 Å². The second-order valence-corrected chi connectivity index (χ2v) is 8.58. The Bertz CT molecular complexity index is 1260. The fourth-order valence-corrected chi connectivity index (χ4v) is 4.83. The number of hydrogen-bond acceptors (Lipinski definition) is 5. The molecule has 0 atom stereocenters. The maximum absolute atomic E-state index is 12.9. The van der Waals surface area contributed by atoms with E-state index in [0.717, 1.165) is 22.6 Å². The topological polar surface area (TPSA) is 64.0 Å². The summed E-state index contributed by atoms with van der Waals surface area (Å²) in [7, 11) is 0. The quantitative estimate of drug-likeness (QED) is 0.456. The number of fused-ring (bicyclic) bond motifs is 1. The number of carbonyl (C=O) groups excluding carboxylic acids is 1. The summed E-state index contributed by atoms with van der Waals surface area (Å²) in [6.45, 7) is 0.0576. The van der Waals surface area contributed by atoms with Crippen molar-refractivity contribution < 1.29 is 18.0 Å². The number of nitrogens with zero attached hydrogens (tertiary/aromatic N) is 2. The first-order valence-electron chi connectivity index (χ1n) is 9.26. The van der Waals surface area contributed by atoms with E-state index in [1.807, 2.05) is 22.9 Å². The average molecular weight is 464 g/mol. The number of rotatable bonds is 6. The number of thiophene rings is 2. The molecule has 4 aromatic rings. The average Bonchev–Trinajstić information content (AvgIpc) is 3.39. The zero-order chi connectivity index (χ0) is 22.0. The molecule has 0 spiro atoms. The van der Waals surface area contributed by atoms with Gasteiger partial charge < -0.3 is 5.32 Å². The molecule has 5 nitrogen and oxygen atoms in total. The predicted molar refractivity (Wildman–Crippen MR) is 115 cm³/mol. The summed E-state index contributed by atoms with van der Waals surface area (Å²) in [5.41, 5.74) is 0.488. The van der Waals surface area contributed by atoms with Crippen LogP contribution in [-0.2, 0) is 23.9 Å². The Morgan fingerprint density at radius 2 is 1.90 bits per heavy atom. The number of hydrogen-bond donors (Lipinski definition) is 1. The lowest BCUT2D eigenvalue weighted by atomic mass is 10.1. The van der Waals surface area contributed by atoms with Crippen LogP contribution in [0.2, 0.25) is 0 Å². The molecule has 0 fully saturated rings. The van der Waals surface area contributed by atoms with Crippen molar-refractivity contribution in [3.63, 3.8) is 0 Å². The van der Waals surface area contributed by atoms with Crippen molar-refractivity contribution in [3.05, 3.63) is 75.0 Å². The van der Waals surface area contributed by atoms with E-state index in [-0.39, 0.29) is 24.6 Å². The van der Waals surface area contributed by atoms with E-state index in [1.54, 1.807) is 0 Å². The van der Waals surface area contributed by atoms with Crippen LogP contribution in [-0.4, -0.2) is 22.0 Å². The third-order valence-electron chi connectivity index (χ3n) is 4.68. The lowest BCUT2D eigenvalue weighted by Gasteiger charge is -2.09. The molecule has 10 heteroatoms. The minimum absolute atomic E-state index is 0.186. The van der Waals surface area contributed by atoms with Crippen LogP contribution in [0.25, 0.3) is 20.7 Å². The number of halogens is 3. The second-order valence-electron chi connectivity index (χ2n) is 6.78. The minimum Gasteiger partial charge on any atom is -0.354 e. The maximum atomic E-state index is 12.9. The summed E-state index contributed by atoms with van der Waals surface area (Å²) in [5.74, 6) is -0.372. The van der Waals surface area contributed by atoms with Crippen LogP contribution in [0.15, 0.2) is 58.3 Å². The van der Waals surface area contributed by atoms with Gasteiger partial charge in [-0.15, -0.1) is 22.7 Å². The number of carbonyl (C=O) groups is 1. The van der Waals surface area contributed by atoms with Crippen LogP contribution in [0, 0.1) is 0 Å². The van der Waals surface area contributed by atoms with Crippen molar-refractivity contribution >= 4 is 38.8 Å². The smallest absolute Gasteiger partial charge is 0.354 e. The maximum Gasteiger partial charge on any atom is 0.416 e. The highest BCUT2D eigenvalue weighted by molar-refractivity contribution is 7.18. The highest BCUT2D eigenvalue weighted by atomic mass is 32.1. The van der Waals surface area contributed by atoms with E-state index in [1.165, 1.54) is 45.7 Å². The van der Waals surface area contributed by atoms with Gasteiger partial charge in [0.2, 0.25) is 5.91 Å². The Balaban J connectivity index is 1.40. The van der Waals surface area contributed by atoms with Gasteiger partial charge in [0.15, 0.2) is 0 Å². The third-order valence-corrected chi connectivity index (χ3v) is 6.47. The lowest BCUT2D eigenvalue weighted by molar-refractivity contribution is -0.137. The van der Waals surface area contributed by atoms with Gasteiger partial charge >= 0.3 is 6.18 Å². The number of benzene rings is 1. The molecule has 0 bridgehead atoms. The molecule has 1 N–H and O–H groups in total. The molecular formula is C21H16F3N3O2S2. The van der Waals surface area contributed by atoms with Gasteiger partial charge in [0, 0.05) is 22.4 Å². The van der Waals surface area contributed by atoms with Crippen molar-refractivity contribution in [2.45, 2.75) is 19.1 Å². The molecule has 0 unspecified atom stereocenters. The fourth-order valence-electron chi connectivity index (χ4n) is 3.11. The standard InChI is InChI=1S/C21H16F3N3O2S2/c22-21(23,24)14-5-3-13(4-6-14)7-8-25-17(28)10-27-12-26-19-18(20(27)29)15(11-31-19)16-2-1-9-30-16/h1-6,9,11-12H,7-8,10H2,(H,25,28). The molecular weight excluding hydrogens is 447 g/mol. The molecule has 0 saturated carbocycles. The zero-order valence-corrected chi connectivity index (χ0v) is 17.6. The Kier molecular flexibility index (Phi) is 5.92. The molecule has 31 heavy (non-hydrogen) atoms. The molecule has 4 rings (SSSR count). The van der Waals surface area contributed by atoms with Gasteiger partial charge in [-0.3, -0.25) is 14.2 Å². The van der Waals surface area contributed by atoms with E-state index in [4.69, 9.17) is 0 Å². The van der Waals surface area contributed by atoms with Crippen molar-refractivity contribution in [1.29, 1.82) is 0 Å². The van der Waals surface area contributed by atoms with Crippen LogP contribution in [0.5, 0.6) is 0 Å². The summed E-state index contributed by atoms with van der Waals surface area (Å²) in [4.78, 5) is 31.1. The predicted octanol–water partition coefficient (Wildman–Crippen LogP) is 4.56. The summed E-state index contributed by atoms with van der Waals surface area (Å²) >= 11 is 2.90. The van der Waals surface area contributed by atoms with Gasteiger partial charge in [0.05, 0.1) is 17.3 Å². The van der Waals surface area contributed by atoms with Gasteiger partial charge in [0.1, 0.15) is 11.4 Å². The van der Waals surface area contributed by atoms with Crippen LogP contribution in [0.4, 0.5) is 13.2 Å². The molecule has 1 aromatic carbocycles. The first kappa shape index (κ1) is 21.3. The normalized spacial score (nSPS) is 11.7. The molecule has 160 valence electrons. The number of amides is 1. The Morgan fingerprint density at radius 1 is 1.13 bits per heavy atom. The monoisotopic (exact) mass is 463 g/mol. The highest BCUT2D eigenvalue weighted by Gasteiger charge is 2.29. The number of aromatic nitrogens is 2. The molecule has 0 saturated heterocycles. The third kappa shape index (κ3) is 4.70. The molecule has 0 radical (unpaired) electrons. The van der Waals surface area contributed by atoms with Crippen molar-refractivity contribution in [1.82, 2.24) is 14.9 Å². The molecule has 3 heterocycles. The first-order chi connectivity index (χ1) is 14.8. The lowest BCUT2D eigenvalue weighted by Crippen LogP contribution is -2.33. The van der Waals surface area contributed by atoms with Gasteiger partial charge in [-0.25, -0.2) is 4.98 Å². The molecule has 1 amide bonds. The number of nitrogens with one attached hydrogen (secondary N) is 1. The van der Waals surface area contributed by atoms with Crippen LogP contribution in [0.1, 0.15) is 11.1 Å². The van der Waals surface area contributed by atoms with Crippen LogP contribution >= 0.6 is 22.7 Å². The minimum atomic E-state index is -4.37. The van der Waals surface area contributed by atoms with Crippen LogP contribution in [0.3, 0.4) is 0 Å². The Labute approximate surface area is 182 Å². The van der Waals surface area contributed by atoms with Gasteiger partial charge in [-0.2, -0.15) is 13.2 Å². The number of alkyl halides is 3. The summed E-state index contributed by atoms with van der Waals surface area (Å²) in [6.07, 6.45) is -2.64. The van der Waals surface area contributed by atoms with E-state index in [9.17, 15) is 22.8 Å². The fraction of sp³-hybridized carbons (Fsp3) is 0.190. The van der Waals surface area contributed by atoms with E-state index < -0.39 is 11.7 Å². The highest BCUT2D eigenvalue weighted by Crippen LogP contribution is 2.33. The molecule has 0 aliphatic rings. The largest absolute Gasteiger partial charge is 0.416 e. The molecule has 0 aliphatic carbocycles. The van der Waals surface area contributed by atoms with E-state index >= 15 is 0 Å². The van der Waals surface area contributed by atoms with Crippen molar-refractivity contribution in [2.75, 3.05) is 6.54 Å². The van der Waals surface area contributed by atoms with Crippen molar-refractivity contribution in [2.24, 2.45) is 0 Å². The van der Waals surface area contributed by atoms with Crippen LogP contribution < -0.4 is 10.9 Å². The first-order valence-corrected chi connectivity index (χ1v) is 11.0. The SMILES string of the molecule is O=C(Cn1cnc2scc(-c3cccs3)c2c1=O)NCCc1ccc(C(F)(F)F)cc1. The Morgan fingerprint density at radius 3 is 2.58 bits per heavy atom. The zero-order valence-electron chi connectivity index (χ0n) is 16.0. The molecule has 0 aliphatic heterocycles. The summed E-state index contributed by atoms with van der Waals surface area (Å²) < 4.78 is 39.1. The van der Waals surface area contributed by atoms with E-state index in [0.29, 0.717) is 22.2 Å². The summed E-state index contributed by atoms with van der Waals surface area (Å²) in [6, 6.07) is 8.65. The summed E-state index contributed by atoms with van der Waals surface area (Å²) in [5, 5.41) is 7.00. The van der Waals surface area contributed by atoms with Gasteiger partial charge in [0.25, 0.3) is 5.56 Å².